The first-order chi connectivity index (χ1) is 4.63. The van der Waals surface area contributed by atoms with Crippen LogP contribution in [-0.4, -0.2) is 35.6 Å². The van der Waals surface area contributed by atoms with Crippen LogP contribution in [0.3, 0.4) is 0 Å². The zero-order valence-corrected chi connectivity index (χ0v) is 6.37. The van der Waals surface area contributed by atoms with E-state index in [0.29, 0.717) is 5.92 Å². The summed E-state index contributed by atoms with van der Waals surface area (Å²) in [5.41, 5.74) is 0. The molecule has 0 spiro atoms. The van der Waals surface area contributed by atoms with E-state index in [1.807, 2.05) is 18.9 Å². The Morgan fingerprint density at radius 2 is 2.30 bits per heavy atom. The van der Waals surface area contributed by atoms with E-state index in [1.165, 1.54) is 0 Å². The maximum absolute atomic E-state index is 10.6. The minimum absolute atomic E-state index is 0.250. The van der Waals surface area contributed by atoms with E-state index in [2.05, 4.69) is 0 Å². The summed E-state index contributed by atoms with van der Waals surface area (Å²) in [6.45, 7) is 2.90. The van der Waals surface area contributed by atoms with Gasteiger partial charge in [0, 0.05) is 0 Å². The molecule has 1 fully saturated rings. The van der Waals surface area contributed by atoms with E-state index in [1.54, 1.807) is 0 Å². The molecule has 58 valence electrons. The fourth-order valence-corrected chi connectivity index (χ4v) is 1.57. The maximum Gasteiger partial charge on any atom is 0.321 e. The van der Waals surface area contributed by atoms with Gasteiger partial charge in [-0.3, -0.25) is 9.69 Å². The van der Waals surface area contributed by atoms with Crippen LogP contribution in [0.1, 0.15) is 13.3 Å². The number of likely N-dealkylation sites (tertiary alicyclic amines) is 1. The van der Waals surface area contributed by atoms with Gasteiger partial charge in [0.25, 0.3) is 0 Å². The number of likely N-dealkylation sites (N-methyl/N-ethyl adjacent to an activating group) is 1. The van der Waals surface area contributed by atoms with Crippen LogP contribution in [0.4, 0.5) is 0 Å². The van der Waals surface area contributed by atoms with Gasteiger partial charge in [-0.05, 0) is 25.9 Å². The van der Waals surface area contributed by atoms with Crippen LogP contribution in [0.2, 0.25) is 0 Å². The molecule has 3 nitrogen and oxygen atoms in total. The van der Waals surface area contributed by atoms with Gasteiger partial charge >= 0.3 is 5.97 Å². The molecule has 2 atom stereocenters. The van der Waals surface area contributed by atoms with Crippen molar-refractivity contribution in [2.75, 3.05) is 13.6 Å². The van der Waals surface area contributed by atoms with Gasteiger partial charge in [0.1, 0.15) is 6.04 Å². The Kier molecular flexibility index (Phi) is 1.94. The molecule has 0 aliphatic carbocycles. The SMILES string of the molecule is C[C@H]1CCN(C)[C@@H]1C(=O)O. The summed E-state index contributed by atoms with van der Waals surface area (Å²) in [4.78, 5) is 12.5. The summed E-state index contributed by atoms with van der Waals surface area (Å²) in [7, 11) is 1.86. The van der Waals surface area contributed by atoms with Gasteiger partial charge in [0.15, 0.2) is 0 Å². The summed E-state index contributed by atoms with van der Waals surface area (Å²) in [6, 6.07) is -0.250. The first kappa shape index (κ1) is 7.54. The third-order valence-electron chi connectivity index (χ3n) is 2.20. The summed E-state index contributed by atoms with van der Waals surface area (Å²) in [5, 5.41) is 8.71. The second-order valence-corrected chi connectivity index (χ2v) is 3.03. The number of hydrogen-bond donors (Lipinski definition) is 1. The fraction of sp³-hybridized carbons (Fsp3) is 0.857. The Morgan fingerprint density at radius 1 is 1.70 bits per heavy atom. The first-order valence-electron chi connectivity index (χ1n) is 3.56. The Hall–Kier alpha value is -0.570. The molecule has 10 heavy (non-hydrogen) atoms. The predicted molar refractivity (Wildman–Crippen MR) is 37.8 cm³/mol. The summed E-state index contributed by atoms with van der Waals surface area (Å²) in [5.74, 6) is -0.380. The van der Waals surface area contributed by atoms with Gasteiger partial charge in [-0.15, -0.1) is 0 Å². The molecule has 0 saturated carbocycles. The maximum atomic E-state index is 10.6. The fourth-order valence-electron chi connectivity index (χ4n) is 1.57. The van der Waals surface area contributed by atoms with Crippen molar-refractivity contribution in [3.8, 4) is 0 Å². The average molecular weight is 143 g/mol. The normalized spacial score (nSPS) is 34.6. The number of carboxylic acid groups (broad SMARTS) is 1. The van der Waals surface area contributed by atoms with Crippen LogP contribution in [-0.2, 0) is 4.79 Å². The van der Waals surface area contributed by atoms with E-state index >= 15 is 0 Å². The lowest BCUT2D eigenvalue weighted by Crippen LogP contribution is -2.35. The third-order valence-corrected chi connectivity index (χ3v) is 2.20. The van der Waals surface area contributed by atoms with Crippen molar-refractivity contribution in [2.24, 2.45) is 5.92 Å². The predicted octanol–water partition coefficient (Wildman–Crippen LogP) is 0.411. The van der Waals surface area contributed by atoms with Crippen molar-refractivity contribution < 1.29 is 9.90 Å². The highest BCUT2D eigenvalue weighted by atomic mass is 16.4. The molecule has 1 saturated heterocycles. The van der Waals surface area contributed by atoms with Gasteiger partial charge in [-0.25, -0.2) is 0 Å². The standard InChI is InChI=1S/C7H13NO2/c1-5-3-4-8(2)6(5)7(9)10/h5-6H,3-4H2,1-2H3,(H,9,10)/t5-,6-/m0/s1. The number of nitrogens with zero attached hydrogens (tertiary/aromatic N) is 1. The van der Waals surface area contributed by atoms with Crippen molar-refractivity contribution in [1.82, 2.24) is 4.90 Å². The summed E-state index contributed by atoms with van der Waals surface area (Å²) in [6.07, 6.45) is 1.01. The quantitative estimate of drug-likeness (QED) is 0.578. The second-order valence-electron chi connectivity index (χ2n) is 3.03. The highest BCUT2D eigenvalue weighted by Gasteiger charge is 2.33. The van der Waals surface area contributed by atoms with Crippen LogP contribution in [0, 0.1) is 5.92 Å². The molecule has 0 unspecified atom stereocenters. The lowest BCUT2D eigenvalue weighted by Gasteiger charge is -2.17. The summed E-state index contributed by atoms with van der Waals surface area (Å²) >= 11 is 0. The first-order valence-corrected chi connectivity index (χ1v) is 3.56. The van der Waals surface area contributed by atoms with E-state index in [-0.39, 0.29) is 6.04 Å². The highest BCUT2D eigenvalue weighted by molar-refractivity contribution is 5.74. The second kappa shape index (κ2) is 2.58. The van der Waals surface area contributed by atoms with Crippen molar-refractivity contribution in [2.45, 2.75) is 19.4 Å². The average Bonchev–Trinajstić information content (AvgIpc) is 2.11. The largest absolute Gasteiger partial charge is 0.480 e. The number of carbonyl (C=O) groups is 1. The molecule has 0 aromatic carbocycles. The number of aliphatic carboxylic acids is 1. The lowest BCUT2D eigenvalue weighted by molar-refractivity contribution is -0.142. The molecular weight excluding hydrogens is 130 g/mol. The van der Waals surface area contributed by atoms with Gasteiger partial charge in [-0.2, -0.15) is 0 Å². The van der Waals surface area contributed by atoms with Crippen molar-refractivity contribution in [3.63, 3.8) is 0 Å². The van der Waals surface area contributed by atoms with Crippen LogP contribution in [0.5, 0.6) is 0 Å². The Bertz CT molecular complexity index is 137. The van der Waals surface area contributed by atoms with Gasteiger partial charge in [-0.1, -0.05) is 6.92 Å². The monoisotopic (exact) mass is 143 g/mol. The van der Waals surface area contributed by atoms with E-state index in [4.69, 9.17) is 5.11 Å². The Morgan fingerprint density at radius 3 is 2.50 bits per heavy atom. The molecule has 1 N–H and O–H groups in total. The smallest absolute Gasteiger partial charge is 0.321 e. The van der Waals surface area contributed by atoms with Crippen LogP contribution in [0.25, 0.3) is 0 Å². The van der Waals surface area contributed by atoms with Crippen molar-refractivity contribution in [3.05, 3.63) is 0 Å². The molecule has 0 amide bonds. The molecule has 0 radical (unpaired) electrons. The van der Waals surface area contributed by atoms with E-state index in [0.717, 1.165) is 13.0 Å². The molecule has 0 aromatic heterocycles. The Balaban J connectivity index is 2.63. The zero-order valence-electron chi connectivity index (χ0n) is 6.37. The van der Waals surface area contributed by atoms with Crippen LogP contribution in [0.15, 0.2) is 0 Å². The molecule has 1 aliphatic rings. The Labute approximate surface area is 60.6 Å². The minimum Gasteiger partial charge on any atom is -0.480 e. The topological polar surface area (TPSA) is 40.5 Å². The molecular formula is C7H13NO2. The zero-order chi connectivity index (χ0) is 7.72. The molecule has 1 aliphatic heterocycles. The van der Waals surface area contributed by atoms with Crippen molar-refractivity contribution >= 4 is 5.97 Å². The van der Waals surface area contributed by atoms with E-state index in [9.17, 15) is 4.79 Å². The number of rotatable bonds is 1. The molecule has 0 bridgehead atoms. The molecule has 1 heterocycles. The third kappa shape index (κ3) is 1.14. The van der Waals surface area contributed by atoms with Gasteiger partial charge in [0.05, 0.1) is 0 Å². The van der Waals surface area contributed by atoms with E-state index < -0.39 is 5.97 Å². The molecule has 1 rings (SSSR count). The number of hydrogen-bond acceptors (Lipinski definition) is 2. The van der Waals surface area contributed by atoms with Gasteiger partial charge < -0.3 is 5.11 Å². The lowest BCUT2D eigenvalue weighted by atomic mass is 10.0. The van der Waals surface area contributed by atoms with Crippen molar-refractivity contribution in [1.29, 1.82) is 0 Å². The minimum atomic E-state index is -0.687. The van der Waals surface area contributed by atoms with Crippen LogP contribution < -0.4 is 0 Å². The summed E-state index contributed by atoms with van der Waals surface area (Å²) < 4.78 is 0. The molecule has 0 aromatic rings. The number of carboxylic acids is 1. The van der Waals surface area contributed by atoms with Crippen LogP contribution >= 0.6 is 0 Å². The highest BCUT2D eigenvalue weighted by Crippen LogP contribution is 2.21. The molecule has 3 heteroatoms. The van der Waals surface area contributed by atoms with Gasteiger partial charge in [0.2, 0.25) is 0 Å².